The molecule has 2 amide bonds. The molecule has 94 valence electrons. The van der Waals surface area contributed by atoms with Crippen LogP contribution >= 0.6 is 0 Å². The second-order valence-corrected chi connectivity index (χ2v) is 6.10. The number of carbonyl (C=O) groups excluding carboxylic acids is 1. The summed E-state index contributed by atoms with van der Waals surface area (Å²) < 4.78 is 0. The molecule has 0 aromatic rings. The van der Waals surface area contributed by atoms with Crippen molar-refractivity contribution in [2.45, 2.75) is 54.9 Å². The first kappa shape index (κ1) is 19.8. The Morgan fingerprint density at radius 3 is 1.50 bits per heavy atom. The molecule has 0 atom stereocenters. The molecule has 0 rings (SSSR count). The topological polar surface area (TPSA) is 66.9 Å². The Balaban J connectivity index is -0.000000292. The fraction of sp³-hybridized carbons (Fsp3) is 0.917. The summed E-state index contributed by atoms with van der Waals surface area (Å²) in [5.74, 6) is 0.809. The largest absolute Gasteiger partial charge is 0.463 e. The van der Waals surface area contributed by atoms with Crippen molar-refractivity contribution in [3.63, 3.8) is 0 Å². The second kappa shape index (κ2) is 6.70. The first-order chi connectivity index (χ1) is 6.40. The van der Waals surface area contributed by atoms with Crippen molar-refractivity contribution < 1.29 is 4.79 Å². The third-order valence-corrected chi connectivity index (χ3v) is 2.95. The van der Waals surface area contributed by atoms with Crippen LogP contribution in [0.4, 0.5) is 4.79 Å². The molecule has 0 aliphatic heterocycles. The van der Waals surface area contributed by atoms with E-state index in [1.165, 1.54) is 6.42 Å². The van der Waals surface area contributed by atoms with Crippen molar-refractivity contribution in [2.75, 3.05) is 0 Å². The fourth-order valence-corrected chi connectivity index (χ4v) is 1.33. The van der Waals surface area contributed by atoms with Crippen molar-refractivity contribution in [3.05, 3.63) is 5.73 Å². The molecule has 0 aromatic carbocycles. The van der Waals surface area contributed by atoms with Crippen molar-refractivity contribution in [1.82, 2.24) is 0 Å². The molecule has 0 saturated heterocycles. The summed E-state index contributed by atoms with van der Waals surface area (Å²) >= 11 is 0. The smallest absolute Gasteiger partial charge is 0.147 e. The molecular formula is C12H27N2ORf-. The number of nitrogens with two attached hydrogens (primary N) is 1. The summed E-state index contributed by atoms with van der Waals surface area (Å²) in [6.45, 7) is 16.3. The summed E-state index contributed by atoms with van der Waals surface area (Å²) in [6, 6.07) is -1.08. The molecule has 0 fully saturated rings. The van der Waals surface area contributed by atoms with Gasteiger partial charge in [0.05, 0.1) is 0 Å². The second-order valence-electron chi connectivity index (χ2n) is 6.10. The predicted octanol–water partition coefficient (Wildman–Crippen LogP) is 4.22. The number of hydrogen-bond donors (Lipinski definition) is 1. The summed E-state index contributed by atoms with van der Waals surface area (Å²) in [6.07, 6.45) is 1.32. The monoisotopic (exact) mass is 482 g/mol. The van der Waals surface area contributed by atoms with Gasteiger partial charge in [0.25, 0.3) is 0 Å². The molecule has 0 aromatic heterocycles. The maximum atomic E-state index is 8.89. The summed E-state index contributed by atoms with van der Waals surface area (Å²) in [7, 11) is 0. The molecule has 0 saturated carbocycles. The zero-order valence-electron chi connectivity index (χ0n) is 12.0. The third-order valence-electron chi connectivity index (χ3n) is 2.95. The van der Waals surface area contributed by atoms with E-state index in [-0.39, 0.29) is 0 Å². The predicted molar refractivity (Wildman–Crippen MR) is 66.6 cm³/mol. The van der Waals surface area contributed by atoms with E-state index in [1.54, 1.807) is 0 Å². The molecule has 0 unspecified atom stereocenters. The number of rotatable bonds is 2. The minimum Gasteiger partial charge on any atom is -0.463 e. The van der Waals surface area contributed by atoms with Crippen LogP contribution in [0, 0.1) is 16.7 Å². The van der Waals surface area contributed by atoms with Crippen molar-refractivity contribution >= 4 is 6.03 Å². The molecule has 0 heterocycles. The van der Waals surface area contributed by atoms with Gasteiger partial charge in [-0.1, -0.05) is 48.5 Å². The van der Waals surface area contributed by atoms with Crippen LogP contribution in [0.2, 0.25) is 0 Å². The maximum absolute atomic E-state index is 8.89. The Hall–Kier alpha value is -1.73. The Labute approximate surface area is 94.6 Å². The van der Waals surface area contributed by atoms with Gasteiger partial charge in [-0.15, -0.1) is 0 Å². The van der Waals surface area contributed by atoms with Gasteiger partial charge in [-0.3, -0.25) is 4.79 Å². The fourth-order valence-electron chi connectivity index (χ4n) is 1.33. The van der Waals surface area contributed by atoms with E-state index in [0.29, 0.717) is 10.8 Å². The number of nitrogens with one attached hydrogen (secondary N) is 1. The zero-order chi connectivity index (χ0) is 12.9. The standard InChI is InChI=1S/C11H24.CH4N2O.Rf/c1-9(2)8-11(6,7)10(3,4)5;2-1(3)4;/h9H,8H2,1-7H3;(H4,2,3,4);/p-1. The quantitative estimate of drug-likeness (QED) is 0.630. The van der Waals surface area contributed by atoms with Crippen molar-refractivity contribution in [3.8, 4) is 0 Å². The molecule has 0 radical (unpaired) electrons. The van der Waals surface area contributed by atoms with E-state index in [2.05, 4.69) is 54.2 Å². The minimum atomic E-state index is -1.08. The van der Waals surface area contributed by atoms with Crippen molar-refractivity contribution in [2.24, 2.45) is 22.5 Å². The van der Waals surface area contributed by atoms with Gasteiger partial charge in [-0.2, -0.15) is 0 Å². The average Bonchev–Trinajstić information content (AvgIpc) is 1.78. The van der Waals surface area contributed by atoms with E-state index in [9.17, 15) is 0 Å². The van der Waals surface area contributed by atoms with Gasteiger partial charge in [-0.05, 0) is 23.2 Å². The SMILES string of the molecule is CC(C)CC(C)(C)C(C)(C)C.[NH-]C(N)=O.[Rf]. The van der Waals surface area contributed by atoms with Gasteiger partial charge in [0.2, 0.25) is 0 Å². The number of carbonyl (C=O) groups is 1. The van der Waals surface area contributed by atoms with Gasteiger partial charge in [-0.25, -0.2) is 0 Å². The van der Waals surface area contributed by atoms with E-state index < -0.39 is 6.03 Å². The molecule has 16 heavy (non-hydrogen) atoms. The summed E-state index contributed by atoms with van der Waals surface area (Å²) in [5, 5.41) is 0. The summed E-state index contributed by atoms with van der Waals surface area (Å²) in [5.41, 5.74) is 10.7. The maximum Gasteiger partial charge on any atom is 0.147 e. The van der Waals surface area contributed by atoms with Crippen LogP contribution in [0.3, 0.4) is 0 Å². The zero-order valence-corrected chi connectivity index (χ0v) is 18.4. The average molecular weight is 482 g/mol. The molecular weight excluding hydrogens is 455 g/mol. The van der Waals surface area contributed by atoms with Crippen LogP contribution in [-0.4, -0.2) is 6.03 Å². The van der Waals surface area contributed by atoms with E-state index in [4.69, 9.17) is 10.5 Å². The Morgan fingerprint density at radius 2 is 1.44 bits per heavy atom. The van der Waals surface area contributed by atoms with E-state index in [0.717, 1.165) is 5.92 Å². The molecule has 4 heteroatoms. The van der Waals surface area contributed by atoms with Crippen LogP contribution in [0.15, 0.2) is 0 Å². The molecule has 3 nitrogen and oxygen atoms in total. The number of urea groups is 1. The van der Waals surface area contributed by atoms with Crippen LogP contribution < -0.4 is 5.73 Å². The van der Waals surface area contributed by atoms with E-state index in [1.807, 2.05) is 0 Å². The Kier molecular flexibility index (Phi) is 8.28. The minimum absolute atomic E-state index is 0. The van der Waals surface area contributed by atoms with Crippen molar-refractivity contribution in [1.29, 1.82) is 0 Å². The van der Waals surface area contributed by atoms with Gasteiger partial charge < -0.3 is 11.5 Å². The van der Waals surface area contributed by atoms with Crippen LogP contribution in [0.1, 0.15) is 54.9 Å². The molecule has 0 spiro atoms. The Bertz CT molecular complexity index is 192. The first-order valence-corrected chi connectivity index (χ1v) is 5.41. The van der Waals surface area contributed by atoms with Gasteiger partial charge in [0.15, 0.2) is 0 Å². The number of primary amides is 1. The number of hydrogen-bond acceptors (Lipinski definition) is 1. The Morgan fingerprint density at radius 1 is 1.19 bits per heavy atom. The summed E-state index contributed by atoms with van der Waals surface area (Å²) in [4.78, 5) is 8.89. The van der Waals surface area contributed by atoms with Crippen LogP contribution in [-0.2, 0) is 0 Å². The number of amides is 2. The molecule has 0 aliphatic carbocycles. The molecule has 0 bridgehead atoms. The van der Waals surface area contributed by atoms with Gasteiger partial charge in [0.1, 0.15) is 6.03 Å². The molecule has 0 aliphatic rings. The van der Waals surface area contributed by atoms with E-state index >= 15 is 0 Å². The normalized spacial score (nSPS) is 11.2. The van der Waals surface area contributed by atoms with Crippen LogP contribution in [0.25, 0.3) is 5.73 Å². The molecule has 3 N–H and O–H groups in total. The van der Waals surface area contributed by atoms with Crippen LogP contribution in [0.5, 0.6) is 0 Å². The first-order valence-electron chi connectivity index (χ1n) is 5.41. The third kappa shape index (κ3) is 10.4. The van der Waals surface area contributed by atoms with Gasteiger partial charge >= 0.3 is 0 Å². The van der Waals surface area contributed by atoms with Gasteiger partial charge in [0, 0.05) is 0 Å².